The molecule has 0 spiro atoms. The summed E-state index contributed by atoms with van der Waals surface area (Å²) in [5.74, 6) is -0.300. The lowest BCUT2D eigenvalue weighted by Gasteiger charge is -2.09. The van der Waals surface area contributed by atoms with Crippen molar-refractivity contribution in [1.29, 1.82) is 5.26 Å². The first-order valence-corrected chi connectivity index (χ1v) is 13.5. The number of anilines is 2. The van der Waals surface area contributed by atoms with Crippen LogP contribution in [0.1, 0.15) is 38.5 Å². The normalized spacial score (nSPS) is 12.8. The van der Waals surface area contributed by atoms with Gasteiger partial charge in [0.1, 0.15) is 20.8 Å². The zero-order valence-electron chi connectivity index (χ0n) is 19.4. The third-order valence-electron chi connectivity index (χ3n) is 6.57. The number of aromatic nitrogens is 1. The Morgan fingerprint density at radius 2 is 1.67 bits per heavy atom. The van der Waals surface area contributed by atoms with Crippen molar-refractivity contribution in [3.05, 3.63) is 87.6 Å². The number of fused-ring (bicyclic) bond motifs is 2. The summed E-state index contributed by atoms with van der Waals surface area (Å²) in [6.07, 6.45) is 4.05. The highest BCUT2D eigenvalue weighted by molar-refractivity contribution is 7.21. The van der Waals surface area contributed by atoms with E-state index in [2.05, 4.69) is 11.4 Å². The molecule has 7 heteroatoms. The molecular weight excluding hydrogens is 484 g/mol. The molecule has 0 fully saturated rings. The number of carbonyl (C=O) groups is 1. The molecule has 0 atom stereocenters. The van der Waals surface area contributed by atoms with Crippen LogP contribution in [0.4, 0.5) is 10.7 Å². The molecule has 5 nitrogen and oxygen atoms in total. The Kier molecular flexibility index (Phi) is 5.76. The van der Waals surface area contributed by atoms with Crippen molar-refractivity contribution in [2.24, 2.45) is 0 Å². The Morgan fingerprint density at radius 1 is 0.972 bits per heavy atom. The van der Waals surface area contributed by atoms with Crippen LogP contribution in [-0.4, -0.2) is 10.9 Å². The molecule has 0 bridgehead atoms. The first-order chi connectivity index (χ1) is 17.6. The minimum Gasteiger partial charge on any atom is -0.397 e. The molecule has 3 aromatic heterocycles. The molecule has 3 N–H and O–H groups in total. The van der Waals surface area contributed by atoms with E-state index in [4.69, 9.17) is 10.7 Å². The van der Waals surface area contributed by atoms with Crippen LogP contribution in [0.25, 0.3) is 32.6 Å². The Morgan fingerprint density at radius 3 is 2.39 bits per heavy atom. The van der Waals surface area contributed by atoms with Crippen molar-refractivity contribution in [2.45, 2.75) is 25.7 Å². The quantitative estimate of drug-likeness (QED) is 0.268. The zero-order valence-corrected chi connectivity index (χ0v) is 21.0. The molecule has 6 rings (SSSR count). The van der Waals surface area contributed by atoms with E-state index in [9.17, 15) is 10.1 Å². The number of thiophene rings is 2. The summed E-state index contributed by atoms with van der Waals surface area (Å²) in [7, 11) is 0. The average Bonchev–Trinajstić information content (AvgIpc) is 3.45. The van der Waals surface area contributed by atoms with E-state index >= 15 is 0 Å². The maximum atomic E-state index is 13.5. The molecule has 1 aliphatic rings. The van der Waals surface area contributed by atoms with Crippen LogP contribution in [0.2, 0.25) is 0 Å². The van der Waals surface area contributed by atoms with Gasteiger partial charge in [-0.25, -0.2) is 4.98 Å². The molecule has 176 valence electrons. The molecule has 0 saturated carbocycles. The lowest BCUT2D eigenvalue weighted by molar-refractivity contribution is 0.103. The third kappa shape index (κ3) is 3.85. The fourth-order valence-corrected chi connectivity index (χ4v) is 7.07. The van der Waals surface area contributed by atoms with Gasteiger partial charge in [0.15, 0.2) is 0 Å². The molecule has 3 heterocycles. The zero-order chi connectivity index (χ0) is 24.6. The second kappa shape index (κ2) is 9.23. The Labute approximate surface area is 216 Å². The molecule has 36 heavy (non-hydrogen) atoms. The molecule has 0 aliphatic heterocycles. The summed E-state index contributed by atoms with van der Waals surface area (Å²) in [6, 6.07) is 24.4. The molecule has 1 aliphatic carbocycles. The Balaban J connectivity index is 1.47. The van der Waals surface area contributed by atoms with E-state index in [0.717, 1.165) is 59.0 Å². The summed E-state index contributed by atoms with van der Waals surface area (Å²) in [6.45, 7) is 0. The standard InChI is InChI=1S/C29H22N4OS2/c30-16-21-19-13-7-8-14-23(19)35-28(21)33-27(34)26-25(31)24-20(17-9-3-1-4-10-17)15-22(32-29(24)36-26)18-11-5-2-6-12-18/h1-6,9-12,15H,7-8,13-14,31H2,(H,33,34). The molecule has 0 saturated heterocycles. The smallest absolute Gasteiger partial charge is 0.268 e. The van der Waals surface area contributed by atoms with Gasteiger partial charge < -0.3 is 11.1 Å². The summed E-state index contributed by atoms with van der Waals surface area (Å²) < 4.78 is 0. The predicted octanol–water partition coefficient (Wildman–Crippen LogP) is 7.28. The van der Waals surface area contributed by atoms with Crippen LogP contribution in [-0.2, 0) is 12.8 Å². The van der Waals surface area contributed by atoms with Gasteiger partial charge in [-0.15, -0.1) is 22.7 Å². The van der Waals surface area contributed by atoms with Gasteiger partial charge in [0.25, 0.3) is 5.91 Å². The van der Waals surface area contributed by atoms with Gasteiger partial charge in [0.05, 0.1) is 16.9 Å². The van der Waals surface area contributed by atoms with Gasteiger partial charge in [-0.2, -0.15) is 5.26 Å². The number of carbonyl (C=O) groups excluding carboxylic acids is 1. The van der Waals surface area contributed by atoms with E-state index in [1.165, 1.54) is 27.6 Å². The van der Waals surface area contributed by atoms with Crippen molar-refractivity contribution < 1.29 is 4.79 Å². The van der Waals surface area contributed by atoms with Gasteiger partial charge >= 0.3 is 0 Å². The number of rotatable bonds is 4. The first-order valence-electron chi connectivity index (χ1n) is 11.8. The van der Waals surface area contributed by atoms with Gasteiger partial charge in [-0.1, -0.05) is 60.7 Å². The number of hydrogen-bond acceptors (Lipinski definition) is 6. The number of amides is 1. The topological polar surface area (TPSA) is 91.8 Å². The SMILES string of the molecule is N#Cc1c(NC(=O)c2sc3nc(-c4ccccc4)cc(-c4ccccc4)c3c2N)sc2c1CCCC2. The maximum Gasteiger partial charge on any atom is 0.268 e. The average molecular weight is 507 g/mol. The molecular formula is C29H22N4OS2. The summed E-state index contributed by atoms with van der Waals surface area (Å²) >= 11 is 2.81. The van der Waals surface area contributed by atoms with Crippen LogP contribution in [0, 0.1) is 11.3 Å². The Hall–Kier alpha value is -3.99. The highest BCUT2D eigenvalue weighted by Gasteiger charge is 2.25. The van der Waals surface area contributed by atoms with Crippen LogP contribution < -0.4 is 11.1 Å². The number of pyridine rings is 1. The van der Waals surface area contributed by atoms with Crippen LogP contribution >= 0.6 is 22.7 Å². The minimum atomic E-state index is -0.300. The number of nitrogens with one attached hydrogen (secondary N) is 1. The van der Waals surface area contributed by atoms with Crippen molar-refractivity contribution in [1.82, 2.24) is 4.98 Å². The van der Waals surface area contributed by atoms with E-state index in [1.54, 1.807) is 0 Å². The van der Waals surface area contributed by atoms with Gasteiger partial charge in [0, 0.05) is 15.8 Å². The minimum absolute atomic E-state index is 0.300. The summed E-state index contributed by atoms with van der Waals surface area (Å²) in [4.78, 5) is 20.7. The number of nitrogens with zero attached hydrogens (tertiary/aromatic N) is 2. The summed E-state index contributed by atoms with van der Waals surface area (Å²) in [5, 5.41) is 14.2. The second-order valence-corrected chi connectivity index (χ2v) is 10.9. The maximum absolute atomic E-state index is 13.5. The van der Waals surface area contributed by atoms with E-state index < -0.39 is 0 Å². The number of nitrogen functional groups attached to an aromatic ring is 1. The monoisotopic (exact) mass is 506 g/mol. The number of benzene rings is 2. The highest BCUT2D eigenvalue weighted by atomic mass is 32.1. The van der Waals surface area contributed by atoms with Gasteiger partial charge in [-0.3, -0.25) is 4.79 Å². The largest absolute Gasteiger partial charge is 0.397 e. The van der Waals surface area contributed by atoms with Crippen molar-refractivity contribution in [3.63, 3.8) is 0 Å². The number of nitriles is 1. The molecule has 0 unspecified atom stereocenters. The van der Waals surface area contributed by atoms with Crippen LogP contribution in [0.5, 0.6) is 0 Å². The van der Waals surface area contributed by atoms with Crippen molar-refractivity contribution in [3.8, 4) is 28.5 Å². The van der Waals surface area contributed by atoms with Gasteiger partial charge in [-0.05, 0) is 48.4 Å². The Bertz CT molecular complexity index is 1650. The van der Waals surface area contributed by atoms with E-state index in [-0.39, 0.29) is 5.91 Å². The number of aryl methyl sites for hydroxylation is 1. The van der Waals surface area contributed by atoms with Crippen LogP contribution in [0.3, 0.4) is 0 Å². The van der Waals surface area contributed by atoms with Gasteiger partial charge in [0.2, 0.25) is 0 Å². The van der Waals surface area contributed by atoms with E-state index in [0.29, 0.717) is 26.0 Å². The molecule has 2 aromatic carbocycles. The fraction of sp³-hybridized carbons (Fsp3) is 0.138. The second-order valence-electron chi connectivity index (χ2n) is 8.79. The van der Waals surface area contributed by atoms with Crippen LogP contribution in [0.15, 0.2) is 66.7 Å². The van der Waals surface area contributed by atoms with E-state index in [1.807, 2.05) is 66.7 Å². The molecule has 1 amide bonds. The number of nitrogens with two attached hydrogens (primary N) is 1. The molecule has 5 aromatic rings. The predicted molar refractivity (Wildman–Crippen MR) is 149 cm³/mol. The molecule has 0 radical (unpaired) electrons. The third-order valence-corrected chi connectivity index (χ3v) is 8.88. The number of hydrogen-bond donors (Lipinski definition) is 2. The van der Waals surface area contributed by atoms with Crippen molar-refractivity contribution in [2.75, 3.05) is 11.1 Å². The fourth-order valence-electron chi connectivity index (χ4n) is 4.82. The first kappa shape index (κ1) is 22.5. The lowest BCUT2D eigenvalue weighted by Crippen LogP contribution is -2.12. The summed E-state index contributed by atoms with van der Waals surface area (Å²) in [5.41, 5.74) is 12.5. The highest BCUT2D eigenvalue weighted by Crippen LogP contribution is 2.43. The lowest BCUT2D eigenvalue weighted by atomic mass is 9.96. The van der Waals surface area contributed by atoms with Crippen molar-refractivity contribution >= 4 is 49.5 Å².